The van der Waals surface area contributed by atoms with Crippen LogP contribution in [-0.4, -0.2) is 22.1 Å². The minimum absolute atomic E-state index is 0.176. The molecule has 1 aromatic heterocycles. The molecule has 0 aliphatic carbocycles. The van der Waals surface area contributed by atoms with E-state index in [9.17, 15) is 0 Å². The molecule has 0 unspecified atom stereocenters. The number of methoxy groups -OCH3 is 1. The Morgan fingerprint density at radius 1 is 1.17 bits per heavy atom. The fourth-order valence-electron chi connectivity index (χ4n) is 1.59. The Morgan fingerprint density at radius 2 is 1.94 bits per heavy atom. The Morgan fingerprint density at radius 3 is 2.56 bits per heavy atom. The van der Waals surface area contributed by atoms with Gasteiger partial charge in [0.1, 0.15) is 11.6 Å². The van der Waals surface area contributed by atoms with Gasteiger partial charge in [0.05, 0.1) is 7.11 Å². The summed E-state index contributed by atoms with van der Waals surface area (Å²) in [6.07, 6.45) is 0. The molecule has 1 heterocycles. The quantitative estimate of drug-likeness (QED) is 0.924. The van der Waals surface area contributed by atoms with Crippen molar-refractivity contribution in [3.05, 3.63) is 34.9 Å². The van der Waals surface area contributed by atoms with Crippen molar-refractivity contribution >= 4 is 23.2 Å². The molecule has 0 atom stereocenters. The zero-order valence-corrected chi connectivity index (χ0v) is 11.1. The largest absolute Gasteiger partial charge is 0.496 e. The molecule has 1 aromatic carbocycles. The van der Waals surface area contributed by atoms with Gasteiger partial charge < -0.3 is 10.1 Å². The van der Waals surface area contributed by atoms with E-state index in [1.54, 1.807) is 14.0 Å². The summed E-state index contributed by atoms with van der Waals surface area (Å²) >= 11 is 5.77. The number of ether oxygens (including phenoxy) is 1. The lowest BCUT2D eigenvalue weighted by atomic mass is 10.2. The number of benzene rings is 1. The Hall–Kier alpha value is -1.88. The third-order valence-corrected chi connectivity index (χ3v) is 2.54. The first-order valence-corrected chi connectivity index (χ1v) is 5.76. The van der Waals surface area contributed by atoms with Gasteiger partial charge in [-0.15, -0.1) is 0 Å². The second-order valence-corrected chi connectivity index (χ2v) is 4.12. The first-order chi connectivity index (χ1) is 8.58. The van der Waals surface area contributed by atoms with Crippen LogP contribution in [0, 0.1) is 13.8 Å². The van der Waals surface area contributed by atoms with Crippen molar-refractivity contribution < 1.29 is 4.74 Å². The first-order valence-electron chi connectivity index (χ1n) is 5.38. The molecular weight excluding hydrogens is 252 g/mol. The highest BCUT2D eigenvalue weighted by Gasteiger charge is 2.04. The van der Waals surface area contributed by atoms with E-state index in [4.69, 9.17) is 16.3 Å². The van der Waals surface area contributed by atoms with Crippen molar-refractivity contribution in [1.82, 2.24) is 15.0 Å². The number of hydrogen-bond acceptors (Lipinski definition) is 5. The van der Waals surface area contributed by atoms with Crippen molar-refractivity contribution in [3.8, 4) is 5.75 Å². The van der Waals surface area contributed by atoms with E-state index < -0.39 is 0 Å². The maximum absolute atomic E-state index is 5.77. The molecule has 6 heteroatoms. The summed E-state index contributed by atoms with van der Waals surface area (Å²) in [5.74, 6) is 1.84. The molecule has 0 aliphatic heterocycles. The maximum Gasteiger partial charge on any atom is 0.231 e. The number of hydrogen-bond donors (Lipinski definition) is 1. The molecule has 0 aliphatic rings. The lowest BCUT2D eigenvalue weighted by molar-refractivity contribution is 0.412. The summed E-state index contributed by atoms with van der Waals surface area (Å²) in [7, 11) is 1.64. The standard InChI is InChI=1S/C12H13ClN4O/c1-7-6-9(4-5-10(7)18-3)16-12-15-8(2)14-11(13)17-12/h4-6H,1-3H3,(H,14,15,16,17). The lowest BCUT2D eigenvalue weighted by Crippen LogP contribution is -2.01. The third-order valence-electron chi connectivity index (χ3n) is 2.37. The molecule has 2 aromatic rings. The second-order valence-electron chi connectivity index (χ2n) is 3.78. The van der Waals surface area contributed by atoms with E-state index in [0.29, 0.717) is 11.8 Å². The molecule has 0 spiro atoms. The minimum atomic E-state index is 0.176. The Balaban J connectivity index is 2.25. The monoisotopic (exact) mass is 264 g/mol. The highest BCUT2D eigenvalue weighted by molar-refractivity contribution is 6.28. The van der Waals surface area contributed by atoms with Gasteiger partial charge in [0, 0.05) is 5.69 Å². The van der Waals surface area contributed by atoms with Crippen molar-refractivity contribution in [3.63, 3.8) is 0 Å². The molecular formula is C12H13ClN4O. The van der Waals surface area contributed by atoms with Crippen LogP contribution in [0.3, 0.4) is 0 Å². The first kappa shape index (κ1) is 12.6. The summed E-state index contributed by atoms with van der Waals surface area (Å²) in [6.45, 7) is 3.73. The second kappa shape index (κ2) is 5.18. The number of anilines is 2. The van der Waals surface area contributed by atoms with Crippen molar-refractivity contribution in [2.24, 2.45) is 0 Å². The van der Waals surface area contributed by atoms with Crippen LogP contribution in [0.4, 0.5) is 11.6 Å². The number of aromatic nitrogens is 3. The van der Waals surface area contributed by atoms with Crippen LogP contribution in [0.25, 0.3) is 0 Å². The van der Waals surface area contributed by atoms with Gasteiger partial charge in [0.15, 0.2) is 0 Å². The highest BCUT2D eigenvalue weighted by atomic mass is 35.5. The fraction of sp³-hybridized carbons (Fsp3) is 0.250. The molecule has 0 radical (unpaired) electrons. The van der Waals surface area contributed by atoms with Crippen LogP contribution in [-0.2, 0) is 0 Å². The smallest absolute Gasteiger partial charge is 0.231 e. The lowest BCUT2D eigenvalue weighted by Gasteiger charge is -2.09. The van der Waals surface area contributed by atoms with E-state index in [1.807, 2.05) is 25.1 Å². The average molecular weight is 265 g/mol. The van der Waals surface area contributed by atoms with Gasteiger partial charge in [-0.25, -0.2) is 4.98 Å². The van der Waals surface area contributed by atoms with Crippen molar-refractivity contribution in [1.29, 1.82) is 0 Å². The van der Waals surface area contributed by atoms with Crippen LogP contribution >= 0.6 is 11.6 Å². The molecule has 0 bridgehead atoms. The van der Waals surface area contributed by atoms with Crippen LogP contribution < -0.4 is 10.1 Å². The molecule has 1 N–H and O–H groups in total. The fourth-order valence-corrected chi connectivity index (χ4v) is 1.79. The average Bonchev–Trinajstić information content (AvgIpc) is 2.27. The topological polar surface area (TPSA) is 59.9 Å². The van der Waals surface area contributed by atoms with Crippen LogP contribution in [0.15, 0.2) is 18.2 Å². The van der Waals surface area contributed by atoms with E-state index in [1.165, 1.54) is 0 Å². The zero-order chi connectivity index (χ0) is 13.1. The number of rotatable bonds is 3. The van der Waals surface area contributed by atoms with Gasteiger partial charge in [-0.2, -0.15) is 9.97 Å². The number of aryl methyl sites for hydroxylation is 2. The summed E-state index contributed by atoms with van der Waals surface area (Å²) in [4.78, 5) is 12.1. The molecule has 0 saturated carbocycles. The van der Waals surface area contributed by atoms with Gasteiger partial charge in [-0.05, 0) is 49.2 Å². The maximum atomic E-state index is 5.77. The van der Waals surface area contributed by atoms with E-state index in [2.05, 4.69) is 20.3 Å². The van der Waals surface area contributed by atoms with Crippen LogP contribution in [0.5, 0.6) is 5.75 Å². The van der Waals surface area contributed by atoms with E-state index >= 15 is 0 Å². The normalized spacial score (nSPS) is 10.2. The van der Waals surface area contributed by atoms with Crippen molar-refractivity contribution in [2.45, 2.75) is 13.8 Å². The summed E-state index contributed by atoms with van der Waals surface area (Å²) in [6, 6.07) is 5.72. The van der Waals surface area contributed by atoms with Gasteiger partial charge in [-0.3, -0.25) is 0 Å². The molecule has 18 heavy (non-hydrogen) atoms. The molecule has 2 rings (SSSR count). The minimum Gasteiger partial charge on any atom is -0.496 e. The van der Waals surface area contributed by atoms with E-state index in [0.717, 1.165) is 17.0 Å². The number of nitrogens with one attached hydrogen (secondary N) is 1. The van der Waals surface area contributed by atoms with Crippen LogP contribution in [0.2, 0.25) is 5.28 Å². The Bertz CT molecular complexity index is 554. The molecule has 0 saturated heterocycles. The predicted molar refractivity (Wildman–Crippen MR) is 70.6 cm³/mol. The van der Waals surface area contributed by atoms with Gasteiger partial charge >= 0.3 is 0 Å². The zero-order valence-electron chi connectivity index (χ0n) is 10.4. The number of halogens is 1. The molecule has 5 nitrogen and oxygen atoms in total. The summed E-state index contributed by atoms with van der Waals surface area (Å²) in [5.41, 5.74) is 1.90. The third kappa shape index (κ3) is 2.87. The predicted octanol–water partition coefficient (Wildman–Crippen LogP) is 2.89. The molecule has 0 fully saturated rings. The highest BCUT2D eigenvalue weighted by Crippen LogP contribution is 2.23. The van der Waals surface area contributed by atoms with Gasteiger partial charge in [-0.1, -0.05) is 0 Å². The Kier molecular flexibility index (Phi) is 3.62. The van der Waals surface area contributed by atoms with Gasteiger partial charge in [0.25, 0.3) is 0 Å². The molecule has 94 valence electrons. The Labute approximate surface area is 110 Å². The number of nitrogens with zero attached hydrogens (tertiary/aromatic N) is 3. The van der Waals surface area contributed by atoms with Gasteiger partial charge in [0.2, 0.25) is 11.2 Å². The summed E-state index contributed by atoms with van der Waals surface area (Å²) in [5, 5.41) is 3.25. The van der Waals surface area contributed by atoms with Crippen molar-refractivity contribution in [2.75, 3.05) is 12.4 Å². The summed E-state index contributed by atoms with van der Waals surface area (Å²) < 4.78 is 5.20. The SMILES string of the molecule is COc1ccc(Nc2nc(C)nc(Cl)n2)cc1C. The van der Waals surface area contributed by atoms with E-state index in [-0.39, 0.29) is 5.28 Å². The molecule has 0 amide bonds. The van der Waals surface area contributed by atoms with Crippen LogP contribution in [0.1, 0.15) is 11.4 Å².